The highest BCUT2D eigenvalue weighted by molar-refractivity contribution is 5.94. The van der Waals surface area contributed by atoms with E-state index < -0.39 is 6.10 Å². The zero-order valence-corrected chi connectivity index (χ0v) is 18.7. The van der Waals surface area contributed by atoms with Crippen molar-refractivity contribution in [2.75, 3.05) is 31.6 Å². The Kier molecular flexibility index (Phi) is 6.36. The number of aliphatic hydroxyl groups is 1. The maximum Gasteiger partial charge on any atom is 0.263 e. The maximum absolute atomic E-state index is 11.5. The molecule has 9 heteroatoms. The van der Waals surface area contributed by atoms with Crippen molar-refractivity contribution in [3.05, 3.63) is 59.4 Å². The number of aliphatic hydroxyl groups excluding tert-OH is 1. The average molecular weight is 459 g/mol. The molecule has 34 heavy (non-hydrogen) atoms. The number of nitrogens with one attached hydrogen (secondary N) is 2. The van der Waals surface area contributed by atoms with E-state index in [1.165, 1.54) is 0 Å². The van der Waals surface area contributed by atoms with Crippen molar-refractivity contribution in [1.82, 2.24) is 20.2 Å². The van der Waals surface area contributed by atoms with Gasteiger partial charge in [0.1, 0.15) is 0 Å². The minimum Gasteiger partial charge on any atom is -0.480 e. The molecule has 3 aromatic rings. The van der Waals surface area contributed by atoms with Gasteiger partial charge in [-0.25, -0.2) is 4.98 Å². The van der Waals surface area contributed by atoms with Crippen LogP contribution >= 0.6 is 0 Å². The molecule has 0 spiro atoms. The van der Waals surface area contributed by atoms with E-state index in [-0.39, 0.29) is 18.6 Å². The molecule has 5 rings (SSSR count). The molecule has 0 radical (unpaired) electrons. The molecule has 2 unspecified atom stereocenters. The van der Waals surface area contributed by atoms with E-state index in [1.54, 1.807) is 18.3 Å². The summed E-state index contributed by atoms with van der Waals surface area (Å²) in [6.45, 7) is 2.80. The highest BCUT2D eigenvalue weighted by Crippen LogP contribution is 2.25. The van der Waals surface area contributed by atoms with Gasteiger partial charge in [-0.1, -0.05) is 0 Å². The molecular formula is C25H26N6O3. The molecule has 2 atom stereocenters. The number of nitriles is 1. The van der Waals surface area contributed by atoms with Gasteiger partial charge in [-0.15, -0.1) is 0 Å². The van der Waals surface area contributed by atoms with Crippen LogP contribution in [0.2, 0.25) is 0 Å². The highest BCUT2D eigenvalue weighted by atomic mass is 16.5. The Morgan fingerprint density at radius 2 is 2.21 bits per heavy atom. The van der Waals surface area contributed by atoms with Crippen molar-refractivity contribution in [2.24, 2.45) is 0 Å². The second-order valence-corrected chi connectivity index (χ2v) is 8.69. The second-order valence-electron chi connectivity index (χ2n) is 8.69. The standard InChI is InChI=1S/C25H26N6O3/c26-12-16-1-3-20-19(11-16)17(5-8-27-20)6-9-31-10-7-21(22(32)14-31)28-13-18-2-4-23-25(29-18)30-24(33)15-34-23/h1-5,8,11,21-22,28,32H,6-7,9-10,13-15H2,(H,29,30,33). The third-order valence-corrected chi connectivity index (χ3v) is 6.40. The number of amides is 1. The predicted octanol–water partition coefficient (Wildman–Crippen LogP) is 1.60. The molecule has 174 valence electrons. The lowest BCUT2D eigenvalue weighted by atomic mass is 10.00. The van der Waals surface area contributed by atoms with E-state index in [0.717, 1.165) is 48.1 Å². The normalized spacial score (nSPS) is 20.3. The second kappa shape index (κ2) is 9.73. The number of benzene rings is 1. The van der Waals surface area contributed by atoms with Crippen molar-refractivity contribution in [3.8, 4) is 11.8 Å². The van der Waals surface area contributed by atoms with Crippen molar-refractivity contribution in [3.63, 3.8) is 0 Å². The number of nitrogens with zero attached hydrogens (tertiary/aromatic N) is 4. The third kappa shape index (κ3) is 4.84. The molecule has 4 heterocycles. The van der Waals surface area contributed by atoms with E-state index in [9.17, 15) is 15.2 Å². The maximum atomic E-state index is 11.5. The molecule has 0 saturated carbocycles. The summed E-state index contributed by atoms with van der Waals surface area (Å²) in [5.41, 5.74) is 3.46. The van der Waals surface area contributed by atoms with Crippen LogP contribution in [0.15, 0.2) is 42.6 Å². The van der Waals surface area contributed by atoms with E-state index in [4.69, 9.17) is 4.74 Å². The van der Waals surface area contributed by atoms with E-state index in [1.807, 2.05) is 24.3 Å². The molecule has 3 N–H and O–H groups in total. The lowest BCUT2D eigenvalue weighted by molar-refractivity contribution is -0.118. The first-order chi connectivity index (χ1) is 16.6. The summed E-state index contributed by atoms with van der Waals surface area (Å²) in [5, 5.41) is 27.1. The van der Waals surface area contributed by atoms with Crippen LogP contribution in [0.5, 0.6) is 5.75 Å². The van der Waals surface area contributed by atoms with Gasteiger partial charge in [-0.3, -0.25) is 9.78 Å². The number of pyridine rings is 2. The van der Waals surface area contributed by atoms with Crippen molar-refractivity contribution in [2.45, 2.75) is 31.5 Å². The van der Waals surface area contributed by atoms with Crippen LogP contribution < -0.4 is 15.4 Å². The van der Waals surface area contributed by atoms with E-state index in [2.05, 4.69) is 31.6 Å². The first-order valence-corrected chi connectivity index (χ1v) is 11.4. The average Bonchev–Trinajstić information content (AvgIpc) is 2.86. The topological polar surface area (TPSA) is 123 Å². The van der Waals surface area contributed by atoms with Gasteiger partial charge in [0.2, 0.25) is 0 Å². The largest absolute Gasteiger partial charge is 0.480 e. The van der Waals surface area contributed by atoms with Crippen molar-refractivity contribution < 1.29 is 14.6 Å². The highest BCUT2D eigenvalue weighted by Gasteiger charge is 2.27. The molecule has 2 aromatic heterocycles. The van der Waals surface area contributed by atoms with Crippen molar-refractivity contribution >= 4 is 22.6 Å². The number of likely N-dealkylation sites (tertiary alicyclic amines) is 1. The first kappa shape index (κ1) is 22.2. The van der Waals surface area contributed by atoms with Crippen LogP contribution in [0.4, 0.5) is 5.82 Å². The Hall–Kier alpha value is -3.58. The fourth-order valence-corrected chi connectivity index (χ4v) is 4.55. The number of ether oxygens (including phenoxy) is 1. The number of anilines is 1. The molecule has 0 aliphatic carbocycles. The number of hydrogen-bond donors (Lipinski definition) is 3. The third-order valence-electron chi connectivity index (χ3n) is 6.40. The SMILES string of the molecule is N#Cc1ccc2nccc(CCN3CCC(NCc4ccc5c(n4)NC(=O)CO5)C(O)C3)c2c1. The fourth-order valence-electron chi connectivity index (χ4n) is 4.55. The lowest BCUT2D eigenvalue weighted by Gasteiger charge is -2.36. The monoisotopic (exact) mass is 458 g/mol. The minimum absolute atomic E-state index is 0.00926. The summed E-state index contributed by atoms with van der Waals surface area (Å²) in [4.78, 5) is 22.6. The van der Waals surface area contributed by atoms with Gasteiger partial charge >= 0.3 is 0 Å². The Morgan fingerprint density at radius 1 is 1.29 bits per heavy atom. The number of piperidine rings is 1. The van der Waals surface area contributed by atoms with Gasteiger partial charge in [0.25, 0.3) is 5.91 Å². The Morgan fingerprint density at radius 3 is 3.06 bits per heavy atom. The minimum atomic E-state index is -0.492. The number of aromatic nitrogens is 2. The zero-order chi connectivity index (χ0) is 23.5. The fraction of sp³-hybridized carbons (Fsp3) is 0.360. The molecule has 1 amide bonds. The molecule has 0 bridgehead atoms. The molecular weight excluding hydrogens is 432 g/mol. The summed E-state index contributed by atoms with van der Waals surface area (Å²) in [7, 11) is 0. The van der Waals surface area contributed by atoms with Crippen LogP contribution in [0.3, 0.4) is 0 Å². The quantitative estimate of drug-likeness (QED) is 0.509. The molecule has 1 fully saturated rings. The Balaban J connectivity index is 1.15. The first-order valence-electron chi connectivity index (χ1n) is 11.4. The van der Waals surface area contributed by atoms with Gasteiger partial charge in [-0.05, 0) is 61.3 Å². The molecule has 1 aromatic carbocycles. The summed E-state index contributed by atoms with van der Waals surface area (Å²) < 4.78 is 5.35. The Bertz CT molecular complexity index is 1260. The van der Waals surface area contributed by atoms with Crippen LogP contribution in [-0.4, -0.2) is 64.3 Å². The van der Waals surface area contributed by atoms with E-state index in [0.29, 0.717) is 30.2 Å². The lowest BCUT2D eigenvalue weighted by Crippen LogP contribution is -2.52. The molecule has 2 aliphatic heterocycles. The number of carbonyl (C=O) groups is 1. The molecule has 1 saturated heterocycles. The summed E-state index contributed by atoms with van der Waals surface area (Å²) in [6.07, 6.45) is 2.96. The number of carbonyl (C=O) groups excluding carboxylic acids is 1. The van der Waals surface area contributed by atoms with E-state index >= 15 is 0 Å². The Labute approximate surface area is 197 Å². The number of rotatable bonds is 6. The molecule has 2 aliphatic rings. The van der Waals surface area contributed by atoms with Crippen molar-refractivity contribution in [1.29, 1.82) is 5.26 Å². The van der Waals surface area contributed by atoms with Crippen LogP contribution in [-0.2, 0) is 17.8 Å². The number of hydrogen-bond acceptors (Lipinski definition) is 8. The number of fused-ring (bicyclic) bond motifs is 2. The van der Waals surface area contributed by atoms with Crippen LogP contribution in [0, 0.1) is 11.3 Å². The smallest absolute Gasteiger partial charge is 0.263 e. The van der Waals surface area contributed by atoms with Gasteiger partial charge < -0.3 is 25.4 Å². The number of β-amino-alcohol motifs (C(OH)–C–C–N with tert-alkyl or cyclic N) is 1. The van der Waals surface area contributed by atoms with Crippen LogP contribution in [0.1, 0.15) is 23.2 Å². The summed E-state index contributed by atoms with van der Waals surface area (Å²) in [5.74, 6) is 0.803. The van der Waals surface area contributed by atoms with Gasteiger partial charge in [0, 0.05) is 37.3 Å². The van der Waals surface area contributed by atoms with Crippen LogP contribution in [0.25, 0.3) is 10.9 Å². The summed E-state index contributed by atoms with van der Waals surface area (Å²) >= 11 is 0. The van der Waals surface area contributed by atoms with Gasteiger partial charge in [0.15, 0.2) is 18.2 Å². The zero-order valence-electron chi connectivity index (χ0n) is 18.7. The predicted molar refractivity (Wildman–Crippen MR) is 126 cm³/mol. The van der Waals surface area contributed by atoms with Gasteiger partial charge in [0.05, 0.1) is 28.9 Å². The molecule has 9 nitrogen and oxygen atoms in total. The van der Waals surface area contributed by atoms with Gasteiger partial charge in [-0.2, -0.15) is 5.26 Å². The summed E-state index contributed by atoms with van der Waals surface area (Å²) in [6, 6.07) is 13.4.